The Bertz CT molecular complexity index is 1130. The van der Waals surface area contributed by atoms with Crippen LogP contribution in [0.5, 0.6) is 0 Å². The first-order valence-electron chi connectivity index (χ1n) is 11.9. The van der Waals surface area contributed by atoms with Crippen LogP contribution in [0.15, 0.2) is 84.9 Å². The van der Waals surface area contributed by atoms with Crippen molar-refractivity contribution in [3.63, 3.8) is 0 Å². The van der Waals surface area contributed by atoms with Crippen LogP contribution >= 0.6 is 0 Å². The molecule has 0 aromatic heterocycles. The van der Waals surface area contributed by atoms with Crippen molar-refractivity contribution >= 4 is 18.0 Å². The summed E-state index contributed by atoms with van der Waals surface area (Å²) in [6.45, 7) is 3.69. The van der Waals surface area contributed by atoms with Crippen molar-refractivity contribution in [3.05, 3.63) is 96.1 Å². The molecule has 3 aromatic rings. The summed E-state index contributed by atoms with van der Waals surface area (Å²) in [6.07, 6.45) is -0.463. The van der Waals surface area contributed by atoms with E-state index < -0.39 is 30.1 Å². The van der Waals surface area contributed by atoms with Gasteiger partial charge in [0.2, 0.25) is 5.91 Å². The van der Waals surface area contributed by atoms with Crippen molar-refractivity contribution in [1.82, 2.24) is 10.6 Å². The average Bonchev–Trinajstić information content (AvgIpc) is 2.91. The topological polar surface area (TPSA) is 93.7 Å². The number of rotatable bonds is 10. The Morgan fingerprint density at radius 3 is 1.92 bits per heavy atom. The van der Waals surface area contributed by atoms with Gasteiger partial charge in [-0.15, -0.1) is 0 Å². The van der Waals surface area contributed by atoms with Crippen LogP contribution in [0.4, 0.5) is 4.79 Å². The maximum absolute atomic E-state index is 13.1. The molecule has 7 heteroatoms. The third-order valence-electron chi connectivity index (χ3n) is 5.74. The number of esters is 1. The van der Waals surface area contributed by atoms with Gasteiger partial charge in [0.15, 0.2) is 0 Å². The molecule has 3 aromatic carbocycles. The normalized spacial score (nSPS) is 12.3. The molecule has 0 bridgehead atoms. The molecule has 3 rings (SSSR count). The quantitative estimate of drug-likeness (QED) is 0.410. The number of carbonyl (C=O) groups excluding carboxylic acids is 3. The van der Waals surface area contributed by atoms with Gasteiger partial charge in [-0.05, 0) is 28.2 Å². The van der Waals surface area contributed by atoms with E-state index in [1.54, 1.807) is 13.8 Å². The second-order valence-corrected chi connectivity index (χ2v) is 8.78. The van der Waals surface area contributed by atoms with Gasteiger partial charge in [0, 0.05) is 6.42 Å². The molecular weight excluding hydrogens is 456 g/mol. The van der Waals surface area contributed by atoms with Gasteiger partial charge in [0.25, 0.3) is 0 Å². The lowest BCUT2D eigenvalue weighted by Gasteiger charge is -2.24. The SMILES string of the molecule is COC(=O)[C@H](Cc1ccc(-c2ccccc2)cc1)NC(=O)[C@@H](NC(=O)OCc1ccccc1)C(C)C. The number of ether oxygens (including phenoxy) is 2. The Morgan fingerprint density at radius 1 is 0.750 bits per heavy atom. The van der Waals surface area contributed by atoms with Gasteiger partial charge in [0.05, 0.1) is 7.11 Å². The van der Waals surface area contributed by atoms with Gasteiger partial charge in [-0.1, -0.05) is 98.8 Å². The molecular formula is C29H32N2O5. The average molecular weight is 489 g/mol. The Kier molecular flexibility index (Phi) is 9.63. The highest BCUT2D eigenvalue weighted by Crippen LogP contribution is 2.20. The van der Waals surface area contributed by atoms with E-state index in [2.05, 4.69) is 10.6 Å². The van der Waals surface area contributed by atoms with Crippen LogP contribution in [0.25, 0.3) is 11.1 Å². The molecule has 0 saturated carbocycles. The Hall–Kier alpha value is -4.13. The number of amides is 2. The molecule has 2 atom stereocenters. The summed E-state index contributed by atoms with van der Waals surface area (Å²) in [5, 5.41) is 5.35. The zero-order valence-corrected chi connectivity index (χ0v) is 20.8. The van der Waals surface area contributed by atoms with E-state index in [1.165, 1.54) is 7.11 Å². The number of methoxy groups -OCH3 is 1. The minimum Gasteiger partial charge on any atom is -0.467 e. The third kappa shape index (κ3) is 7.70. The summed E-state index contributed by atoms with van der Waals surface area (Å²) in [5.74, 6) is -1.29. The first kappa shape index (κ1) is 26.5. The zero-order chi connectivity index (χ0) is 25.9. The number of carbonyl (C=O) groups is 3. The molecule has 0 radical (unpaired) electrons. The Labute approximate surface area is 211 Å². The molecule has 0 fully saturated rings. The van der Waals surface area contributed by atoms with Gasteiger partial charge in [-0.2, -0.15) is 0 Å². The smallest absolute Gasteiger partial charge is 0.408 e. The molecule has 2 N–H and O–H groups in total. The molecule has 0 spiro atoms. The van der Waals surface area contributed by atoms with Crippen LogP contribution < -0.4 is 10.6 Å². The first-order valence-corrected chi connectivity index (χ1v) is 11.9. The predicted molar refractivity (Wildman–Crippen MR) is 138 cm³/mol. The van der Waals surface area contributed by atoms with Crippen molar-refractivity contribution in [1.29, 1.82) is 0 Å². The van der Waals surface area contributed by atoms with Gasteiger partial charge in [-0.3, -0.25) is 4.79 Å². The largest absolute Gasteiger partial charge is 0.467 e. The van der Waals surface area contributed by atoms with Crippen molar-refractivity contribution in [3.8, 4) is 11.1 Å². The first-order chi connectivity index (χ1) is 17.4. The number of nitrogens with one attached hydrogen (secondary N) is 2. The van der Waals surface area contributed by atoms with Crippen molar-refractivity contribution < 1.29 is 23.9 Å². The molecule has 36 heavy (non-hydrogen) atoms. The molecule has 0 saturated heterocycles. The van der Waals surface area contributed by atoms with Crippen LogP contribution in [0.3, 0.4) is 0 Å². The van der Waals surface area contributed by atoms with Gasteiger partial charge in [-0.25, -0.2) is 9.59 Å². The van der Waals surface area contributed by atoms with Gasteiger partial charge >= 0.3 is 12.1 Å². The Balaban J connectivity index is 1.63. The number of alkyl carbamates (subject to hydrolysis) is 1. The number of hydrogen-bond acceptors (Lipinski definition) is 5. The van der Waals surface area contributed by atoms with E-state index in [9.17, 15) is 14.4 Å². The minimum absolute atomic E-state index is 0.0862. The Morgan fingerprint density at radius 2 is 1.33 bits per heavy atom. The molecule has 2 amide bonds. The second kappa shape index (κ2) is 13.1. The number of benzene rings is 3. The van der Waals surface area contributed by atoms with E-state index in [0.717, 1.165) is 22.3 Å². The molecule has 188 valence electrons. The van der Waals surface area contributed by atoms with E-state index in [4.69, 9.17) is 9.47 Å². The maximum Gasteiger partial charge on any atom is 0.408 e. The van der Waals surface area contributed by atoms with Crippen LogP contribution in [-0.4, -0.2) is 37.2 Å². The molecule has 0 aliphatic carbocycles. The van der Waals surface area contributed by atoms with E-state index in [-0.39, 0.29) is 18.9 Å². The third-order valence-corrected chi connectivity index (χ3v) is 5.74. The van der Waals surface area contributed by atoms with Gasteiger partial charge in [0.1, 0.15) is 18.7 Å². The van der Waals surface area contributed by atoms with Crippen LogP contribution in [-0.2, 0) is 32.1 Å². The van der Waals surface area contributed by atoms with Gasteiger partial charge < -0.3 is 20.1 Å². The summed E-state index contributed by atoms with van der Waals surface area (Å²) in [5.41, 5.74) is 3.84. The van der Waals surface area contributed by atoms with Crippen molar-refractivity contribution in [2.24, 2.45) is 5.92 Å². The predicted octanol–water partition coefficient (Wildman–Crippen LogP) is 4.50. The van der Waals surface area contributed by atoms with E-state index in [0.29, 0.717) is 0 Å². The molecule has 7 nitrogen and oxygen atoms in total. The van der Waals surface area contributed by atoms with E-state index in [1.807, 2.05) is 84.9 Å². The van der Waals surface area contributed by atoms with Crippen molar-refractivity contribution in [2.75, 3.05) is 7.11 Å². The summed E-state index contributed by atoms with van der Waals surface area (Å²) in [4.78, 5) is 37.9. The summed E-state index contributed by atoms with van der Waals surface area (Å²) >= 11 is 0. The molecule has 0 heterocycles. The second-order valence-electron chi connectivity index (χ2n) is 8.78. The van der Waals surface area contributed by atoms with Crippen LogP contribution in [0, 0.1) is 5.92 Å². The lowest BCUT2D eigenvalue weighted by molar-refractivity contribution is -0.145. The highest BCUT2D eigenvalue weighted by molar-refractivity contribution is 5.90. The number of hydrogen-bond donors (Lipinski definition) is 2. The zero-order valence-electron chi connectivity index (χ0n) is 20.8. The summed E-state index contributed by atoms with van der Waals surface area (Å²) in [6, 6.07) is 25.2. The van der Waals surface area contributed by atoms with Crippen molar-refractivity contribution in [2.45, 2.75) is 39.0 Å². The lowest BCUT2D eigenvalue weighted by Crippen LogP contribution is -2.54. The fourth-order valence-electron chi connectivity index (χ4n) is 3.72. The fraction of sp³-hybridized carbons (Fsp3) is 0.276. The summed E-state index contributed by atoms with van der Waals surface area (Å²) < 4.78 is 10.2. The lowest BCUT2D eigenvalue weighted by atomic mass is 9.99. The maximum atomic E-state index is 13.1. The minimum atomic E-state index is -0.909. The highest BCUT2D eigenvalue weighted by atomic mass is 16.5. The standard InChI is InChI=1S/C29H32N2O5/c1-20(2)26(31-29(34)36-19-22-10-6-4-7-11-22)27(32)30-25(28(33)35-3)18-21-14-16-24(17-15-21)23-12-8-5-9-13-23/h4-17,20,25-26H,18-19H2,1-3H3,(H,30,32)(H,31,34)/t25-,26-/m0/s1. The monoisotopic (exact) mass is 488 g/mol. The fourth-order valence-corrected chi connectivity index (χ4v) is 3.72. The molecule has 0 aliphatic heterocycles. The van der Waals surface area contributed by atoms with Crippen LogP contribution in [0.2, 0.25) is 0 Å². The summed E-state index contributed by atoms with van der Waals surface area (Å²) in [7, 11) is 1.28. The molecule has 0 unspecified atom stereocenters. The molecule has 0 aliphatic rings. The highest BCUT2D eigenvalue weighted by Gasteiger charge is 2.29. The van der Waals surface area contributed by atoms with E-state index >= 15 is 0 Å². The van der Waals surface area contributed by atoms with Crippen LogP contribution in [0.1, 0.15) is 25.0 Å².